The molecule has 2 aromatic rings. The Hall–Kier alpha value is -2.86. The molecule has 2 atom stereocenters. The van der Waals surface area contributed by atoms with Gasteiger partial charge in [-0.05, 0) is 48.8 Å². The normalized spacial score (nSPS) is 22.1. The molecular formula is C26H28O6. The van der Waals surface area contributed by atoms with Crippen molar-refractivity contribution in [1.82, 2.24) is 0 Å². The lowest BCUT2D eigenvalue weighted by Crippen LogP contribution is -2.19. The van der Waals surface area contributed by atoms with Gasteiger partial charge >= 0.3 is 5.97 Å². The molecule has 1 N–H and O–H groups in total. The van der Waals surface area contributed by atoms with E-state index in [0.29, 0.717) is 30.4 Å². The largest absolute Gasteiger partial charge is 0.492 e. The van der Waals surface area contributed by atoms with Crippen LogP contribution in [0.2, 0.25) is 0 Å². The topological polar surface area (TPSA) is 82.1 Å². The van der Waals surface area contributed by atoms with Gasteiger partial charge in [0.15, 0.2) is 5.78 Å². The van der Waals surface area contributed by atoms with Gasteiger partial charge in [0.05, 0.1) is 13.0 Å². The molecule has 0 aromatic heterocycles. The highest BCUT2D eigenvalue weighted by Gasteiger charge is 2.30. The van der Waals surface area contributed by atoms with Crippen LogP contribution in [0.4, 0.5) is 0 Å². The summed E-state index contributed by atoms with van der Waals surface area (Å²) in [6.07, 6.45) is 4.13. The Morgan fingerprint density at radius 1 is 1.03 bits per heavy atom. The summed E-state index contributed by atoms with van der Waals surface area (Å²) in [6.45, 7) is 1.89. The lowest BCUT2D eigenvalue weighted by molar-refractivity contribution is -0.137. The summed E-state index contributed by atoms with van der Waals surface area (Å²) in [6, 6.07) is 11.6. The van der Waals surface area contributed by atoms with Crippen LogP contribution in [0.3, 0.4) is 0 Å². The van der Waals surface area contributed by atoms with Crippen LogP contribution in [0.25, 0.3) is 0 Å². The number of rotatable bonds is 7. The molecule has 0 radical (unpaired) electrons. The van der Waals surface area contributed by atoms with E-state index in [1.165, 1.54) is 0 Å². The average Bonchev–Trinajstić information content (AvgIpc) is 3.38. The molecule has 0 spiro atoms. The average molecular weight is 437 g/mol. The number of aliphatic carboxylic acids is 1. The highest BCUT2D eigenvalue weighted by molar-refractivity contribution is 5.98. The zero-order valence-corrected chi connectivity index (χ0v) is 18.0. The Bertz CT molecular complexity index is 1020. The number of fused-ring (bicyclic) bond motifs is 2. The molecule has 1 fully saturated rings. The minimum atomic E-state index is -0.823. The fraction of sp³-hybridized carbons (Fsp3) is 0.462. The number of carbonyl (C=O) groups is 2. The van der Waals surface area contributed by atoms with E-state index >= 15 is 0 Å². The van der Waals surface area contributed by atoms with Gasteiger partial charge in [0.25, 0.3) is 0 Å². The number of benzene rings is 2. The molecule has 0 bridgehead atoms. The van der Waals surface area contributed by atoms with E-state index in [2.05, 4.69) is 6.07 Å². The van der Waals surface area contributed by atoms with Crippen molar-refractivity contribution in [3.05, 3.63) is 58.7 Å². The minimum absolute atomic E-state index is 0.0634. The lowest BCUT2D eigenvalue weighted by Gasteiger charge is -2.21. The minimum Gasteiger partial charge on any atom is -0.492 e. The highest BCUT2D eigenvalue weighted by Crippen LogP contribution is 2.41. The summed E-state index contributed by atoms with van der Waals surface area (Å²) >= 11 is 0. The van der Waals surface area contributed by atoms with E-state index in [1.54, 1.807) is 0 Å². The SMILES string of the molecule is O=C(O)C[C@@H]1COc2cc(O[C@@H]3CCc4c(C(=O)CC5CCOCC5)cccc43)ccc21. The van der Waals surface area contributed by atoms with Gasteiger partial charge in [0.2, 0.25) is 0 Å². The van der Waals surface area contributed by atoms with Crippen LogP contribution in [-0.4, -0.2) is 36.7 Å². The number of carboxylic acids is 1. The summed E-state index contributed by atoms with van der Waals surface area (Å²) in [5.41, 5.74) is 3.97. The van der Waals surface area contributed by atoms with Gasteiger partial charge in [0, 0.05) is 42.7 Å². The Morgan fingerprint density at radius 2 is 1.88 bits per heavy atom. The van der Waals surface area contributed by atoms with Gasteiger partial charge in [-0.2, -0.15) is 0 Å². The molecule has 0 amide bonds. The number of ketones is 1. The molecule has 2 aromatic carbocycles. The molecule has 6 heteroatoms. The molecule has 5 rings (SSSR count). The number of Topliss-reactive ketones (excluding diaryl/α,β-unsaturated/α-hetero) is 1. The summed E-state index contributed by atoms with van der Waals surface area (Å²) in [5, 5.41) is 9.08. The number of hydrogen-bond acceptors (Lipinski definition) is 5. The van der Waals surface area contributed by atoms with Crippen LogP contribution in [-0.2, 0) is 16.0 Å². The highest BCUT2D eigenvalue weighted by atomic mass is 16.5. The molecule has 0 unspecified atom stereocenters. The van der Waals surface area contributed by atoms with Gasteiger partial charge in [-0.3, -0.25) is 9.59 Å². The summed E-state index contributed by atoms with van der Waals surface area (Å²) in [4.78, 5) is 24.1. The molecule has 1 saturated heterocycles. The maximum atomic E-state index is 13.0. The summed E-state index contributed by atoms with van der Waals surface area (Å²) < 4.78 is 17.4. The second-order valence-corrected chi connectivity index (χ2v) is 9.01. The van der Waals surface area contributed by atoms with Crippen LogP contribution in [0.5, 0.6) is 11.5 Å². The predicted molar refractivity (Wildman–Crippen MR) is 118 cm³/mol. The van der Waals surface area contributed by atoms with Gasteiger partial charge in [-0.25, -0.2) is 0 Å². The van der Waals surface area contributed by atoms with Crippen molar-refractivity contribution in [3.8, 4) is 11.5 Å². The van der Waals surface area contributed by atoms with Gasteiger partial charge in [0.1, 0.15) is 17.6 Å². The summed E-state index contributed by atoms with van der Waals surface area (Å²) in [7, 11) is 0. The molecule has 3 aliphatic rings. The standard InChI is InChI=1S/C26H28O6/c27-23(12-16-8-10-30-11-9-16)21-2-1-3-22-20(21)6-7-24(22)32-18-4-5-19-17(13-26(28)29)15-31-25(19)14-18/h1-5,14,16-17,24H,6-13,15H2,(H,28,29)/t17-,24-/m1/s1. The van der Waals surface area contributed by atoms with Crippen LogP contribution >= 0.6 is 0 Å². The van der Waals surface area contributed by atoms with Crippen molar-refractivity contribution in [1.29, 1.82) is 0 Å². The number of carbonyl (C=O) groups excluding carboxylic acids is 1. The fourth-order valence-electron chi connectivity index (χ4n) is 5.20. The van der Waals surface area contributed by atoms with Gasteiger partial charge in [-0.1, -0.05) is 24.3 Å². The van der Waals surface area contributed by atoms with Crippen molar-refractivity contribution in [2.45, 2.75) is 50.5 Å². The van der Waals surface area contributed by atoms with E-state index < -0.39 is 5.97 Å². The first kappa shape index (κ1) is 21.0. The van der Waals surface area contributed by atoms with Gasteiger partial charge in [-0.15, -0.1) is 0 Å². The Labute approximate surface area is 187 Å². The molecule has 32 heavy (non-hydrogen) atoms. The van der Waals surface area contributed by atoms with Crippen LogP contribution in [0.1, 0.15) is 71.2 Å². The van der Waals surface area contributed by atoms with Crippen molar-refractivity contribution < 1.29 is 28.9 Å². The molecule has 168 valence electrons. The molecule has 2 heterocycles. The van der Waals surface area contributed by atoms with Crippen LogP contribution in [0, 0.1) is 5.92 Å². The van der Waals surface area contributed by atoms with E-state index in [9.17, 15) is 9.59 Å². The third-order valence-corrected chi connectivity index (χ3v) is 6.90. The molecule has 0 saturated carbocycles. The van der Waals surface area contributed by atoms with Crippen molar-refractivity contribution in [2.75, 3.05) is 19.8 Å². The van der Waals surface area contributed by atoms with Crippen LogP contribution in [0.15, 0.2) is 36.4 Å². The van der Waals surface area contributed by atoms with Crippen molar-refractivity contribution in [3.63, 3.8) is 0 Å². The second-order valence-electron chi connectivity index (χ2n) is 9.01. The van der Waals surface area contributed by atoms with E-state index in [0.717, 1.165) is 61.2 Å². The maximum absolute atomic E-state index is 13.0. The maximum Gasteiger partial charge on any atom is 0.304 e. The lowest BCUT2D eigenvalue weighted by atomic mass is 9.89. The third-order valence-electron chi connectivity index (χ3n) is 6.90. The van der Waals surface area contributed by atoms with E-state index in [-0.39, 0.29) is 24.2 Å². The smallest absolute Gasteiger partial charge is 0.304 e. The first-order valence-corrected chi connectivity index (χ1v) is 11.5. The first-order valence-electron chi connectivity index (χ1n) is 11.5. The third kappa shape index (κ3) is 4.24. The Kier molecular flexibility index (Phi) is 5.87. The molecule has 6 nitrogen and oxygen atoms in total. The van der Waals surface area contributed by atoms with Crippen molar-refractivity contribution >= 4 is 11.8 Å². The number of carboxylic acid groups (broad SMARTS) is 1. The predicted octanol–water partition coefficient (Wildman–Crippen LogP) is 4.70. The summed E-state index contributed by atoms with van der Waals surface area (Å²) in [5.74, 6) is 1.11. The second kappa shape index (κ2) is 8.94. The molecule has 2 aliphatic heterocycles. The zero-order chi connectivity index (χ0) is 22.1. The Balaban J connectivity index is 1.30. The first-order chi connectivity index (χ1) is 15.6. The Morgan fingerprint density at radius 3 is 2.69 bits per heavy atom. The van der Waals surface area contributed by atoms with Crippen LogP contribution < -0.4 is 9.47 Å². The molecule has 1 aliphatic carbocycles. The quantitative estimate of drug-likeness (QED) is 0.634. The zero-order valence-electron chi connectivity index (χ0n) is 18.0. The molecular weight excluding hydrogens is 408 g/mol. The monoisotopic (exact) mass is 436 g/mol. The van der Waals surface area contributed by atoms with E-state index in [1.807, 2.05) is 30.3 Å². The van der Waals surface area contributed by atoms with E-state index in [4.69, 9.17) is 19.3 Å². The number of hydrogen-bond donors (Lipinski definition) is 1. The number of ether oxygens (including phenoxy) is 3. The fourth-order valence-corrected chi connectivity index (χ4v) is 5.20. The van der Waals surface area contributed by atoms with Crippen molar-refractivity contribution in [2.24, 2.45) is 5.92 Å². The van der Waals surface area contributed by atoms with Gasteiger partial charge < -0.3 is 19.3 Å².